The SMILES string of the molecule is CC(C)c1nc(C2CCCN(C(=O)c3cc(C4CC4)[nH]n3)C2)no1. The van der Waals surface area contributed by atoms with Gasteiger partial charge in [-0.25, -0.2) is 0 Å². The first kappa shape index (κ1) is 15.4. The standard InChI is InChI=1S/C17H23N5O2/c1-10(2)16-18-15(21-24-16)12-4-3-7-22(9-12)17(23)14-8-13(19-20-14)11-5-6-11/h8,10-12H,3-7,9H2,1-2H3,(H,19,20). The van der Waals surface area contributed by atoms with Gasteiger partial charge in [0.05, 0.1) is 0 Å². The molecule has 7 nitrogen and oxygen atoms in total. The van der Waals surface area contributed by atoms with Gasteiger partial charge in [0.15, 0.2) is 5.82 Å². The van der Waals surface area contributed by atoms with Crippen molar-refractivity contribution in [3.63, 3.8) is 0 Å². The topological polar surface area (TPSA) is 87.9 Å². The third-order valence-corrected chi connectivity index (χ3v) is 4.86. The fraction of sp³-hybridized carbons (Fsp3) is 0.647. The number of piperidine rings is 1. The van der Waals surface area contributed by atoms with E-state index in [1.807, 2.05) is 24.8 Å². The summed E-state index contributed by atoms with van der Waals surface area (Å²) < 4.78 is 5.31. The minimum atomic E-state index is -0.00423. The second-order valence-corrected chi connectivity index (χ2v) is 7.22. The number of rotatable bonds is 4. The van der Waals surface area contributed by atoms with Crippen molar-refractivity contribution in [3.05, 3.63) is 29.2 Å². The van der Waals surface area contributed by atoms with Crippen molar-refractivity contribution in [2.75, 3.05) is 13.1 Å². The summed E-state index contributed by atoms with van der Waals surface area (Å²) in [5, 5.41) is 11.3. The van der Waals surface area contributed by atoms with Crippen LogP contribution in [0.5, 0.6) is 0 Å². The zero-order valence-corrected chi connectivity index (χ0v) is 14.2. The first-order chi connectivity index (χ1) is 11.6. The van der Waals surface area contributed by atoms with Crippen molar-refractivity contribution in [2.24, 2.45) is 0 Å². The van der Waals surface area contributed by atoms with E-state index in [4.69, 9.17) is 4.52 Å². The molecule has 0 radical (unpaired) electrons. The monoisotopic (exact) mass is 329 g/mol. The van der Waals surface area contributed by atoms with Crippen LogP contribution in [-0.2, 0) is 0 Å². The Morgan fingerprint density at radius 3 is 2.88 bits per heavy atom. The summed E-state index contributed by atoms with van der Waals surface area (Å²) >= 11 is 0. The highest BCUT2D eigenvalue weighted by atomic mass is 16.5. The molecule has 0 bridgehead atoms. The first-order valence-electron chi connectivity index (χ1n) is 8.80. The predicted molar refractivity (Wildman–Crippen MR) is 86.8 cm³/mol. The van der Waals surface area contributed by atoms with Crippen molar-refractivity contribution >= 4 is 5.91 Å². The normalized spacial score (nSPS) is 21.5. The Balaban J connectivity index is 1.45. The smallest absolute Gasteiger partial charge is 0.274 e. The van der Waals surface area contributed by atoms with Gasteiger partial charge >= 0.3 is 0 Å². The Bertz CT molecular complexity index is 731. The summed E-state index contributed by atoms with van der Waals surface area (Å²) in [5.41, 5.74) is 1.61. The van der Waals surface area contributed by atoms with Gasteiger partial charge in [-0.2, -0.15) is 10.1 Å². The highest BCUT2D eigenvalue weighted by Crippen LogP contribution is 2.39. The highest BCUT2D eigenvalue weighted by Gasteiger charge is 2.31. The molecule has 128 valence electrons. The molecular formula is C17H23N5O2. The minimum Gasteiger partial charge on any atom is -0.339 e. The summed E-state index contributed by atoms with van der Waals surface area (Å²) in [6, 6.07) is 1.91. The number of nitrogens with zero attached hydrogens (tertiary/aromatic N) is 4. The van der Waals surface area contributed by atoms with Gasteiger partial charge in [0.2, 0.25) is 5.89 Å². The van der Waals surface area contributed by atoms with Crippen molar-refractivity contribution in [1.29, 1.82) is 0 Å². The van der Waals surface area contributed by atoms with Crippen LogP contribution in [0.2, 0.25) is 0 Å². The van der Waals surface area contributed by atoms with Crippen LogP contribution in [0.4, 0.5) is 0 Å². The molecule has 1 saturated heterocycles. The Labute approximate surface area is 140 Å². The molecule has 1 N–H and O–H groups in total. The second-order valence-electron chi connectivity index (χ2n) is 7.22. The second kappa shape index (κ2) is 6.03. The lowest BCUT2D eigenvalue weighted by molar-refractivity contribution is 0.0697. The van der Waals surface area contributed by atoms with Crippen molar-refractivity contribution in [2.45, 2.75) is 57.3 Å². The molecule has 1 aliphatic heterocycles. The number of likely N-dealkylation sites (tertiary alicyclic amines) is 1. The van der Waals surface area contributed by atoms with Gasteiger partial charge in [-0.1, -0.05) is 19.0 Å². The van der Waals surface area contributed by atoms with Crippen LogP contribution < -0.4 is 0 Å². The third-order valence-electron chi connectivity index (χ3n) is 4.86. The first-order valence-corrected chi connectivity index (χ1v) is 8.80. The average Bonchev–Trinajstić information content (AvgIpc) is 3.13. The molecule has 1 aliphatic carbocycles. The molecule has 1 saturated carbocycles. The number of carbonyl (C=O) groups excluding carboxylic acids is 1. The molecule has 2 aromatic rings. The van der Waals surface area contributed by atoms with Crippen molar-refractivity contribution in [3.8, 4) is 0 Å². The van der Waals surface area contributed by atoms with Gasteiger partial charge in [0.25, 0.3) is 5.91 Å². The van der Waals surface area contributed by atoms with E-state index >= 15 is 0 Å². The van der Waals surface area contributed by atoms with Crippen LogP contribution in [0.3, 0.4) is 0 Å². The van der Waals surface area contributed by atoms with Crippen LogP contribution in [0.15, 0.2) is 10.6 Å². The van der Waals surface area contributed by atoms with Gasteiger partial charge < -0.3 is 9.42 Å². The Morgan fingerprint density at radius 2 is 2.17 bits per heavy atom. The van der Waals surface area contributed by atoms with E-state index in [9.17, 15) is 4.79 Å². The van der Waals surface area contributed by atoms with Gasteiger partial charge in [0, 0.05) is 36.5 Å². The molecule has 0 spiro atoms. The molecule has 2 fully saturated rings. The number of hydrogen-bond donors (Lipinski definition) is 1. The van der Waals surface area contributed by atoms with E-state index < -0.39 is 0 Å². The number of aromatic amines is 1. The molecule has 7 heteroatoms. The van der Waals surface area contributed by atoms with Gasteiger partial charge in [-0.3, -0.25) is 9.89 Å². The van der Waals surface area contributed by atoms with Crippen molar-refractivity contribution < 1.29 is 9.32 Å². The summed E-state index contributed by atoms with van der Waals surface area (Å²) in [6.45, 7) is 5.45. The molecule has 1 unspecified atom stereocenters. The average molecular weight is 329 g/mol. The Hall–Kier alpha value is -2.18. The van der Waals surface area contributed by atoms with Gasteiger partial charge in [0.1, 0.15) is 5.69 Å². The lowest BCUT2D eigenvalue weighted by Gasteiger charge is -2.30. The number of amides is 1. The highest BCUT2D eigenvalue weighted by molar-refractivity contribution is 5.92. The van der Waals surface area contributed by atoms with E-state index in [0.29, 0.717) is 24.0 Å². The van der Waals surface area contributed by atoms with Crippen LogP contribution in [0, 0.1) is 0 Å². The van der Waals surface area contributed by atoms with Crippen LogP contribution in [-0.4, -0.2) is 44.2 Å². The Morgan fingerprint density at radius 1 is 1.33 bits per heavy atom. The maximum absolute atomic E-state index is 12.7. The zero-order chi connectivity index (χ0) is 16.7. The zero-order valence-electron chi connectivity index (χ0n) is 14.2. The van der Waals surface area contributed by atoms with Crippen LogP contribution in [0.1, 0.15) is 85.2 Å². The number of carbonyl (C=O) groups is 1. The van der Waals surface area contributed by atoms with E-state index in [1.165, 1.54) is 12.8 Å². The molecule has 0 aromatic carbocycles. The number of aromatic nitrogens is 4. The lowest BCUT2D eigenvalue weighted by atomic mass is 9.97. The molecule has 1 amide bonds. The lowest BCUT2D eigenvalue weighted by Crippen LogP contribution is -2.39. The summed E-state index contributed by atoms with van der Waals surface area (Å²) in [7, 11) is 0. The van der Waals surface area contributed by atoms with Crippen LogP contribution >= 0.6 is 0 Å². The molecule has 4 rings (SSSR count). The maximum atomic E-state index is 12.7. The maximum Gasteiger partial charge on any atom is 0.274 e. The molecule has 24 heavy (non-hydrogen) atoms. The molecular weight excluding hydrogens is 306 g/mol. The minimum absolute atomic E-state index is 0.00423. The summed E-state index contributed by atoms with van der Waals surface area (Å²) in [6.07, 6.45) is 4.31. The molecule has 1 atom stereocenters. The van der Waals surface area contributed by atoms with Gasteiger partial charge in [-0.15, -0.1) is 0 Å². The summed E-state index contributed by atoms with van der Waals surface area (Å²) in [4.78, 5) is 19.1. The molecule has 3 heterocycles. The van der Waals surface area contributed by atoms with E-state index in [0.717, 1.165) is 30.9 Å². The van der Waals surface area contributed by atoms with Gasteiger partial charge in [-0.05, 0) is 31.7 Å². The van der Waals surface area contributed by atoms with E-state index in [2.05, 4.69) is 20.3 Å². The Kier molecular flexibility index (Phi) is 3.86. The number of nitrogens with one attached hydrogen (secondary N) is 1. The molecule has 2 aliphatic rings. The van der Waals surface area contributed by atoms with Crippen LogP contribution in [0.25, 0.3) is 0 Å². The van der Waals surface area contributed by atoms with E-state index in [1.54, 1.807) is 0 Å². The number of H-pyrrole nitrogens is 1. The summed E-state index contributed by atoms with van der Waals surface area (Å²) in [5.74, 6) is 2.31. The fourth-order valence-corrected chi connectivity index (χ4v) is 3.23. The van der Waals surface area contributed by atoms with E-state index in [-0.39, 0.29) is 17.7 Å². The third kappa shape index (κ3) is 2.95. The largest absolute Gasteiger partial charge is 0.339 e. The predicted octanol–water partition coefficient (Wildman–Crippen LogP) is 2.81. The van der Waals surface area contributed by atoms with Crippen molar-refractivity contribution in [1.82, 2.24) is 25.2 Å². The fourth-order valence-electron chi connectivity index (χ4n) is 3.23. The molecule has 2 aromatic heterocycles. The number of hydrogen-bond acceptors (Lipinski definition) is 5. The quantitative estimate of drug-likeness (QED) is 0.932.